The summed E-state index contributed by atoms with van der Waals surface area (Å²) in [5, 5.41) is 7.53. The summed E-state index contributed by atoms with van der Waals surface area (Å²) in [6, 6.07) is 12.1. The first kappa shape index (κ1) is 15.5. The Balaban J connectivity index is 1.57. The molecule has 0 radical (unpaired) electrons. The summed E-state index contributed by atoms with van der Waals surface area (Å²) in [6.45, 7) is 0. The molecular weight excluding hydrogens is 314 g/mol. The Bertz CT molecular complexity index is 873. The van der Waals surface area contributed by atoms with Crippen molar-refractivity contribution in [2.24, 2.45) is 0 Å². The minimum absolute atomic E-state index is 0.00971. The fourth-order valence-electron chi connectivity index (χ4n) is 3.46. The molecule has 0 spiro atoms. The molecule has 0 bridgehead atoms. The number of hydrogen-bond acceptors (Lipinski definition) is 4. The minimum atomic E-state index is -0.00971. The Kier molecular flexibility index (Phi) is 4.01. The van der Waals surface area contributed by atoms with Gasteiger partial charge in [-0.25, -0.2) is 4.98 Å². The average Bonchev–Trinajstić information content (AvgIpc) is 3.21. The van der Waals surface area contributed by atoms with E-state index in [0.29, 0.717) is 11.4 Å². The largest absolute Gasteiger partial charge is 0.335 e. The number of aryl methyl sites for hydroxylation is 1. The van der Waals surface area contributed by atoms with E-state index in [0.717, 1.165) is 19.3 Å². The van der Waals surface area contributed by atoms with E-state index in [-0.39, 0.29) is 11.9 Å². The summed E-state index contributed by atoms with van der Waals surface area (Å²) in [5.74, 6) is 0.678. The van der Waals surface area contributed by atoms with Crippen LogP contribution in [0.1, 0.15) is 40.4 Å². The Morgan fingerprint density at radius 2 is 1.96 bits per heavy atom. The fourth-order valence-corrected chi connectivity index (χ4v) is 3.46. The van der Waals surface area contributed by atoms with Gasteiger partial charge in [-0.05, 0) is 42.5 Å². The van der Waals surface area contributed by atoms with Crippen molar-refractivity contribution in [2.45, 2.75) is 25.3 Å². The third kappa shape index (κ3) is 2.91. The first-order chi connectivity index (χ1) is 12.2. The van der Waals surface area contributed by atoms with Crippen LogP contribution in [0.3, 0.4) is 0 Å². The van der Waals surface area contributed by atoms with E-state index in [2.05, 4.69) is 33.4 Å². The van der Waals surface area contributed by atoms with Gasteiger partial charge in [-0.2, -0.15) is 0 Å². The zero-order valence-electron chi connectivity index (χ0n) is 14.0. The van der Waals surface area contributed by atoms with Crippen molar-refractivity contribution in [3.63, 3.8) is 0 Å². The molecule has 0 saturated carbocycles. The molecule has 3 aromatic rings. The van der Waals surface area contributed by atoms with Crippen molar-refractivity contribution >= 4 is 5.91 Å². The van der Waals surface area contributed by atoms with Gasteiger partial charge in [0, 0.05) is 13.2 Å². The molecule has 1 aliphatic rings. The normalized spacial score (nSPS) is 16.3. The van der Waals surface area contributed by atoms with E-state index in [9.17, 15) is 4.79 Å². The zero-order valence-corrected chi connectivity index (χ0v) is 14.0. The van der Waals surface area contributed by atoms with Gasteiger partial charge in [-0.15, -0.1) is 10.2 Å². The summed E-state index contributed by atoms with van der Waals surface area (Å²) in [7, 11) is 1.88. The van der Waals surface area contributed by atoms with E-state index >= 15 is 0 Å². The Morgan fingerprint density at radius 1 is 1.16 bits per heavy atom. The first-order valence-electron chi connectivity index (χ1n) is 8.40. The highest BCUT2D eigenvalue weighted by Crippen LogP contribution is 2.34. The van der Waals surface area contributed by atoms with Crippen molar-refractivity contribution in [3.8, 4) is 5.82 Å². The molecule has 0 aliphatic heterocycles. The molecule has 4 rings (SSSR count). The van der Waals surface area contributed by atoms with Gasteiger partial charge in [0.05, 0.1) is 11.6 Å². The van der Waals surface area contributed by atoms with Crippen LogP contribution >= 0.6 is 0 Å². The predicted molar refractivity (Wildman–Crippen MR) is 93.4 cm³/mol. The number of nitrogens with zero attached hydrogens (tertiary/aromatic N) is 5. The second kappa shape index (κ2) is 6.47. The number of benzene rings is 1. The SMILES string of the molecule is CN(C(=O)c1ccc(-n2cnnc2)nc1)C1CCCc2ccccc21. The van der Waals surface area contributed by atoms with Gasteiger partial charge in [-0.3, -0.25) is 9.36 Å². The lowest BCUT2D eigenvalue weighted by molar-refractivity contribution is 0.0714. The highest BCUT2D eigenvalue weighted by atomic mass is 16.2. The molecule has 2 heterocycles. The van der Waals surface area contributed by atoms with E-state index in [4.69, 9.17) is 0 Å². The van der Waals surface area contributed by atoms with E-state index in [1.54, 1.807) is 35.6 Å². The summed E-state index contributed by atoms with van der Waals surface area (Å²) >= 11 is 0. The molecule has 2 aromatic heterocycles. The van der Waals surface area contributed by atoms with E-state index < -0.39 is 0 Å². The van der Waals surface area contributed by atoms with E-state index in [1.807, 2.05) is 18.0 Å². The summed E-state index contributed by atoms with van der Waals surface area (Å²) < 4.78 is 1.70. The number of hydrogen-bond donors (Lipinski definition) is 0. The Hall–Kier alpha value is -3.02. The van der Waals surface area contributed by atoms with Gasteiger partial charge >= 0.3 is 0 Å². The number of rotatable bonds is 3. The molecule has 0 fully saturated rings. The van der Waals surface area contributed by atoms with Crippen LogP contribution < -0.4 is 0 Å². The summed E-state index contributed by atoms with van der Waals surface area (Å²) in [6.07, 6.45) is 7.95. The molecular formula is C19H19N5O. The van der Waals surface area contributed by atoms with Crippen LogP contribution in [-0.4, -0.2) is 37.6 Å². The molecule has 1 aliphatic carbocycles. The van der Waals surface area contributed by atoms with Gasteiger partial charge in [0.15, 0.2) is 0 Å². The van der Waals surface area contributed by atoms with Gasteiger partial charge in [-0.1, -0.05) is 24.3 Å². The number of carbonyl (C=O) groups is 1. The van der Waals surface area contributed by atoms with Crippen molar-refractivity contribution in [1.82, 2.24) is 24.6 Å². The monoisotopic (exact) mass is 333 g/mol. The smallest absolute Gasteiger partial charge is 0.255 e. The lowest BCUT2D eigenvalue weighted by Gasteiger charge is -2.33. The maximum atomic E-state index is 12.9. The Labute approximate surface area is 146 Å². The van der Waals surface area contributed by atoms with Gasteiger partial charge in [0.1, 0.15) is 18.5 Å². The molecule has 6 nitrogen and oxygen atoms in total. The third-order valence-corrected chi connectivity index (χ3v) is 4.80. The Morgan fingerprint density at radius 3 is 2.72 bits per heavy atom. The van der Waals surface area contributed by atoms with Crippen LogP contribution in [0.15, 0.2) is 55.2 Å². The van der Waals surface area contributed by atoms with Crippen LogP contribution in [0.25, 0.3) is 5.82 Å². The van der Waals surface area contributed by atoms with Crippen molar-refractivity contribution in [3.05, 3.63) is 71.9 Å². The van der Waals surface area contributed by atoms with Crippen molar-refractivity contribution in [2.75, 3.05) is 7.05 Å². The molecule has 0 saturated heterocycles. The highest BCUT2D eigenvalue weighted by molar-refractivity contribution is 5.94. The van der Waals surface area contributed by atoms with Crippen molar-refractivity contribution in [1.29, 1.82) is 0 Å². The van der Waals surface area contributed by atoms with Crippen LogP contribution in [0, 0.1) is 0 Å². The molecule has 25 heavy (non-hydrogen) atoms. The second-order valence-corrected chi connectivity index (χ2v) is 6.30. The third-order valence-electron chi connectivity index (χ3n) is 4.80. The van der Waals surface area contributed by atoms with Crippen LogP contribution in [0.2, 0.25) is 0 Å². The summed E-state index contributed by atoms with van der Waals surface area (Å²) in [4.78, 5) is 19.1. The number of aromatic nitrogens is 4. The molecule has 126 valence electrons. The predicted octanol–water partition coefficient (Wildman–Crippen LogP) is 2.81. The highest BCUT2D eigenvalue weighted by Gasteiger charge is 2.27. The molecule has 1 unspecified atom stereocenters. The van der Waals surface area contributed by atoms with Crippen LogP contribution in [0.4, 0.5) is 0 Å². The van der Waals surface area contributed by atoms with Crippen LogP contribution in [0.5, 0.6) is 0 Å². The average molecular weight is 333 g/mol. The molecule has 1 amide bonds. The number of amides is 1. The maximum Gasteiger partial charge on any atom is 0.255 e. The minimum Gasteiger partial charge on any atom is -0.335 e. The van der Waals surface area contributed by atoms with Crippen LogP contribution in [-0.2, 0) is 6.42 Å². The van der Waals surface area contributed by atoms with Gasteiger partial charge in [0.25, 0.3) is 5.91 Å². The van der Waals surface area contributed by atoms with E-state index in [1.165, 1.54) is 11.1 Å². The topological polar surface area (TPSA) is 63.9 Å². The lowest BCUT2D eigenvalue weighted by Crippen LogP contribution is -2.33. The lowest BCUT2D eigenvalue weighted by atomic mass is 9.87. The molecule has 1 aromatic carbocycles. The molecule has 0 N–H and O–H groups in total. The second-order valence-electron chi connectivity index (χ2n) is 6.30. The zero-order chi connectivity index (χ0) is 17.2. The summed E-state index contributed by atoms with van der Waals surface area (Å²) in [5.41, 5.74) is 3.19. The first-order valence-corrected chi connectivity index (χ1v) is 8.40. The molecule has 6 heteroatoms. The standard InChI is InChI=1S/C19H19N5O/c1-23(17-8-4-6-14-5-2-3-7-16(14)17)19(25)15-9-10-18(20-11-15)24-12-21-22-13-24/h2-3,5,7,9-13,17H,4,6,8H2,1H3. The number of pyridine rings is 1. The maximum absolute atomic E-state index is 12.9. The number of carbonyl (C=O) groups excluding carboxylic acids is 1. The number of fused-ring (bicyclic) bond motifs is 1. The quantitative estimate of drug-likeness (QED) is 0.739. The van der Waals surface area contributed by atoms with Crippen molar-refractivity contribution < 1.29 is 4.79 Å². The molecule has 1 atom stereocenters. The van der Waals surface area contributed by atoms with Gasteiger partial charge < -0.3 is 4.90 Å². The fraction of sp³-hybridized carbons (Fsp3) is 0.263. The van der Waals surface area contributed by atoms with Gasteiger partial charge in [0.2, 0.25) is 0 Å².